The molecule has 0 aromatic heterocycles. The third-order valence-electron chi connectivity index (χ3n) is 4.87. The van der Waals surface area contributed by atoms with Gasteiger partial charge in [0.1, 0.15) is 11.5 Å². The van der Waals surface area contributed by atoms with Crippen molar-refractivity contribution in [2.75, 3.05) is 19.0 Å². The van der Waals surface area contributed by atoms with Crippen LogP contribution in [0, 0.1) is 0 Å². The molecule has 0 amide bonds. The zero-order valence-electron chi connectivity index (χ0n) is 18.4. The summed E-state index contributed by atoms with van der Waals surface area (Å²) < 4.78 is 6.03. The molecule has 0 aliphatic carbocycles. The van der Waals surface area contributed by atoms with Gasteiger partial charge in [0, 0.05) is 29.4 Å². The maximum atomic E-state index is 12.7. The number of phenols is 1. The second-order valence-electron chi connectivity index (χ2n) is 7.83. The van der Waals surface area contributed by atoms with Crippen LogP contribution in [-0.2, 0) is 0 Å². The molecular weight excluding hydrogens is 362 g/mol. The van der Waals surface area contributed by atoms with Crippen molar-refractivity contribution in [1.29, 1.82) is 0 Å². The van der Waals surface area contributed by atoms with Gasteiger partial charge in [-0.15, -0.1) is 0 Å². The highest BCUT2D eigenvalue weighted by Crippen LogP contribution is 2.43. The standard InChI is InChI=1S/C25H33NO3/c1-7-14-29-25-19(15-21(16(2)3)24(28)23(25)17(4)5)10-13-22(27)18-8-11-20(26-6)12-9-18/h8-13,15-17,26,28H,7,14H2,1-6H3/b13-10+. The summed E-state index contributed by atoms with van der Waals surface area (Å²) in [5.74, 6) is 1.15. The number of ether oxygens (including phenoxy) is 1. The minimum atomic E-state index is -0.0700. The van der Waals surface area contributed by atoms with Gasteiger partial charge < -0.3 is 15.2 Å². The Kier molecular flexibility index (Phi) is 7.89. The van der Waals surface area contributed by atoms with E-state index < -0.39 is 0 Å². The summed E-state index contributed by atoms with van der Waals surface area (Å²) >= 11 is 0. The van der Waals surface area contributed by atoms with E-state index in [2.05, 4.69) is 5.32 Å². The number of anilines is 1. The molecule has 0 unspecified atom stereocenters. The smallest absolute Gasteiger partial charge is 0.185 e. The highest BCUT2D eigenvalue weighted by Gasteiger charge is 2.22. The van der Waals surface area contributed by atoms with Crippen molar-refractivity contribution in [3.05, 3.63) is 58.7 Å². The van der Waals surface area contributed by atoms with Crippen LogP contribution in [0.15, 0.2) is 36.4 Å². The van der Waals surface area contributed by atoms with Crippen LogP contribution in [0.3, 0.4) is 0 Å². The van der Waals surface area contributed by atoms with E-state index in [4.69, 9.17) is 4.74 Å². The van der Waals surface area contributed by atoms with Gasteiger partial charge in [0.2, 0.25) is 0 Å². The average molecular weight is 396 g/mol. The van der Waals surface area contributed by atoms with Gasteiger partial charge in [-0.25, -0.2) is 0 Å². The quantitative estimate of drug-likeness (QED) is 0.383. The molecule has 0 aliphatic rings. The van der Waals surface area contributed by atoms with Crippen LogP contribution in [0.1, 0.15) is 79.9 Å². The first-order valence-electron chi connectivity index (χ1n) is 10.3. The van der Waals surface area contributed by atoms with Crippen LogP contribution in [0.4, 0.5) is 5.69 Å². The van der Waals surface area contributed by atoms with E-state index in [1.807, 2.05) is 72.0 Å². The number of hydrogen-bond acceptors (Lipinski definition) is 4. The summed E-state index contributed by atoms with van der Waals surface area (Å²) in [5, 5.41) is 13.9. The second-order valence-corrected chi connectivity index (χ2v) is 7.83. The molecule has 0 fully saturated rings. The lowest BCUT2D eigenvalue weighted by Gasteiger charge is -2.22. The van der Waals surface area contributed by atoms with Gasteiger partial charge in [-0.05, 0) is 66.3 Å². The lowest BCUT2D eigenvalue weighted by atomic mass is 9.90. The van der Waals surface area contributed by atoms with Crippen molar-refractivity contribution >= 4 is 17.5 Å². The summed E-state index contributed by atoms with van der Waals surface area (Å²) in [7, 11) is 1.85. The zero-order chi connectivity index (χ0) is 21.6. The molecule has 29 heavy (non-hydrogen) atoms. The van der Waals surface area contributed by atoms with Gasteiger partial charge >= 0.3 is 0 Å². The maximum Gasteiger partial charge on any atom is 0.185 e. The first-order chi connectivity index (χ1) is 13.8. The van der Waals surface area contributed by atoms with Gasteiger partial charge in [0.15, 0.2) is 5.78 Å². The Hall–Kier alpha value is -2.75. The highest BCUT2D eigenvalue weighted by atomic mass is 16.5. The van der Waals surface area contributed by atoms with Crippen molar-refractivity contribution < 1.29 is 14.6 Å². The largest absolute Gasteiger partial charge is 0.507 e. The SMILES string of the molecule is CCCOc1c(/C=C/C(=O)c2ccc(NC)cc2)cc(C(C)C)c(O)c1C(C)C. The fourth-order valence-electron chi connectivity index (χ4n) is 3.25. The minimum Gasteiger partial charge on any atom is -0.507 e. The van der Waals surface area contributed by atoms with Crippen molar-refractivity contribution in [2.24, 2.45) is 0 Å². The molecule has 0 aliphatic heterocycles. The number of benzene rings is 2. The molecule has 4 heteroatoms. The summed E-state index contributed by atoms with van der Waals surface area (Å²) in [5.41, 5.74) is 4.08. The lowest BCUT2D eigenvalue weighted by molar-refractivity contribution is 0.104. The van der Waals surface area contributed by atoms with E-state index in [9.17, 15) is 9.90 Å². The first kappa shape index (κ1) is 22.5. The zero-order valence-corrected chi connectivity index (χ0v) is 18.4. The number of ketones is 1. The highest BCUT2D eigenvalue weighted by molar-refractivity contribution is 6.07. The third-order valence-corrected chi connectivity index (χ3v) is 4.87. The van der Waals surface area contributed by atoms with Crippen molar-refractivity contribution in [1.82, 2.24) is 0 Å². The molecule has 0 radical (unpaired) electrons. The molecule has 0 saturated carbocycles. The lowest BCUT2D eigenvalue weighted by Crippen LogP contribution is -2.05. The van der Waals surface area contributed by atoms with Crippen LogP contribution in [0.5, 0.6) is 11.5 Å². The number of rotatable bonds is 9. The Balaban J connectivity index is 2.50. The van der Waals surface area contributed by atoms with Crippen molar-refractivity contribution in [2.45, 2.75) is 52.9 Å². The van der Waals surface area contributed by atoms with Gasteiger partial charge in [0.05, 0.1) is 6.61 Å². The van der Waals surface area contributed by atoms with E-state index in [0.717, 1.165) is 28.8 Å². The number of aromatic hydroxyl groups is 1. The first-order valence-corrected chi connectivity index (χ1v) is 10.3. The number of carbonyl (C=O) groups excluding carboxylic acids is 1. The van der Waals surface area contributed by atoms with E-state index in [-0.39, 0.29) is 17.6 Å². The molecule has 2 aromatic carbocycles. The fourth-order valence-corrected chi connectivity index (χ4v) is 3.25. The summed E-state index contributed by atoms with van der Waals surface area (Å²) in [6.45, 7) is 10.8. The van der Waals surface area contributed by atoms with Crippen LogP contribution in [0.2, 0.25) is 0 Å². The minimum absolute atomic E-state index is 0.0700. The van der Waals surface area contributed by atoms with Crippen LogP contribution < -0.4 is 10.1 Å². The summed E-state index contributed by atoms with van der Waals surface area (Å²) in [6.07, 6.45) is 4.24. The van der Waals surface area contributed by atoms with E-state index in [1.165, 1.54) is 0 Å². The normalized spacial score (nSPS) is 11.4. The molecular formula is C25H33NO3. The number of carbonyl (C=O) groups is 1. The maximum absolute atomic E-state index is 12.7. The van der Waals surface area contributed by atoms with Crippen molar-refractivity contribution in [3.63, 3.8) is 0 Å². The predicted molar refractivity (Wildman–Crippen MR) is 121 cm³/mol. The molecule has 2 N–H and O–H groups in total. The van der Waals surface area contributed by atoms with Gasteiger partial charge in [-0.1, -0.05) is 34.6 Å². The van der Waals surface area contributed by atoms with E-state index in [0.29, 0.717) is 23.7 Å². The Labute approximate surface area is 174 Å². The molecule has 4 nitrogen and oxygen atoms in total. The Morgan fingerprint density at radius 2 is 1.79 bits per heavy atom. The van der Waals surface area contributed by atoms with Crippen LogP contribution >= 0.6 is 0 Å². The Bertz CT molecular complexity index is 865. The topological polar surface area (TPSA) is 58.6 Å². The molecule has 0 bridgehead atoms. The predicted octanol–water partition coefficient (Wildman–Crippen LogP) is 6.37. The molecule has 2 aromatic rings. The molecule has 2 rings (SSSR count). The van der Waals surface area contributed by atoms with Crippen LogP contribution in [0.25, 0.3) is 6.08 Å². The monoisotopic (exact) mass is 395 g/mol. The average Bonchev–Trinajstić information content (AvgIpc) is 2.70. The van der Waals surface area contributed by atoms with Crippen molar-refractivity contribution in [3.8, 4) is 11.5 Å². The van der Waals surface area contributed by atoms with Crippen LogP contribution in [-0.4, -0.2) is 24.5 Å². The number of allylic oxidation sites excluding steroid dienone is 1. The van der Waals surface area contributed by atoms with Gasteiger partial charge in [-0.3, -0.25) is 4.79 Å². The Morgan fingerprint density at radius 1 is 1.14 bits per heavy atom. The second kappa shape index (κ2) is 10.1. The fraction of sp³-hybridized carbons (Fsp3) is 0.400. The molecule has 0 atom stereocenters. The molecule has 156 valence electrons. The number of hydrogen-bond donors (Lipinski definition) is 2. The van der Waals surface area contributed by atoms with E-state index >= 15 is 0 Å². The van der Waals surface area contributed by atoms with Gasteiger partial charge in [-0.2, -0.15) is 0 Å². The summed E-state index contributed by atoms with van der Waals surface area (Å²) in [6, 6.07) is 9.31. The number of nitrogens with one attached hydrogen (secondary N) is 1. The van der Waals surface area contributed by atoms with E-state index in [1.54, 1.807) is 12.2 Å². The third kappa shape index (κ3) is 5.41. The number of phenolic OH excluding ortho intramolecular Hbond substituents is 1. The van der Waals surface area contributed by atoms with Gasteiger partial charge in [0.25, 0.3) is 0 Å². The Morgan fingerprint density at radius 3 is 2.31 bits per heavy atom. The molecule has 0 spiro atoms. The molecule has 0 heterocycles. The summed E-state index contributed by atoms with van der Waals surface area (Å²) in [4.78, 5) is 12.7. The molecule has 0 saturated heterocycles.